The molecule has 1 aliphatic heterocycles. The van der Waals surface area contributed by atoms with Gasteiger partial charge in [0.25, 0.3) is 5.91 Å². The first kappa shape index (κ1) is 24.6. The van der Waals surface area contributed by atoms with Gasteiger partial charge in [-0.25, -0.2) is 9.97 Å². The Hall–Kier alpha value is -2.07. The molecule has 3 aromatic rings. The minimum Gasteiger partial charge on any atom is -0.354 e. The lowest BCUT2D eigenvalue weighted by atomic mass is 10.1. The van der Waals surface area contributed by atoms with Crippen molar-refractivity contribution in [3.8, 4) is 10.6 Å². The largest absolute Gasteiger partial charge is 0.354 e. The topological polar surface area (TPSA) is 73.4 Å². The monoisotopic (exact) mass is 556 g/mol. The van der Waals surface area contributed by atoms with Gasteiger partial charge in [0.1, 0.15) is 5.69 Å². The Bertz CT molecular complexity index is 1200. The second-order valence-electron chi connectivity index (χ2n) is 9.87. The summed E-state index contributed by atoms with van der Waals surface area (Å²) in [6.07, 6.45) is 5.00. The predicted molar refractivity (Wildman–Crippen MR) is 147 cm³/mol. The number of nitrogens with one attached hydrogen (secondary N) is 2. The lowest BCUT2D eigenvalue weighted by Crippen LogP contribution is -2.55. The first-order valence-electron chi connectivity index (χ1n) is 12.4. The number of anilines is 1. The molecule has 0 bridgehead atoms. The van der Waals surface area contributed by atoms with Crippen molar-refractivity contribution in [2.45, 2.75) is 51.2 Å². The van der Waals surface area contributed by atoms with E-state index in [9.17, 15) is 4.79 Å². The van der Waals surface area contributed by atoms with E-state index >= 15 is 0 Å². The minimum atomic E-state index is 0.00990. The van der Waals surface area contributed by atoms with Gasteiger partial charge in [0.15, 0.2) is 0 Å². The van der Waals surface area contributed by atoms with Crippen LogP contribution in [-0.4, -0.2) is 77.0 Å². The van der Waals surface area contributed by atoms with E-state index in [1.54, 1.807) is 17.5 Å². The molecule has 1 aromatic carbocycles. The second kappa shape index (κ2) is 10.5. The van der Waals surface area contributed by atoms with Crippen LogP contribution in [0.4, 0.5) is 5.95 Å². The molecular weight excluding hydrogens is 524 g/mol. The number of carbonyl (C=O) groups excluding carboxylic acids is 1. The van der Waals surface area contributed by atoms with Crippen molar-refractivity contribution >= 4 is 49.2 Å². The van der Waals surface area contributed by atoms with Gasteiger partial charge in [-0.3, -0.25) is 9.69 Å². The van der Waals surface area contributed by atoms with Crippen molar-refractivity contribution in [1.29, 1.82) is 0 Å². The molecule has 2 atom stereocenters. The zero-order chi connectivity index (χ0) is 24.5. The smallest absolute Gasteiger partial charge is 0.252 e. The van der Waals surface area contributed by atoms with E-state index < -0.39 is 0 Å². The van der Waals surface area contributed by atoms with Crippen LogP contribution in [0.2, 0.25) is 0 Å². The molecule has 1 aliphatic carbocycles. The van der Waals surface area contributed by atoms with E-state index in [0.717, 1.165) is 76.1 Å². The molecule has 186 valence electrons. The number of fused-ring (bicyclic) bond motifs is 1. The molecule has 2 aromatic heterocycles. The number of piperazine rings is 1. The summed E-state index contributed by atoms with van der Waals surface area (Å²) in [4.78, 5) is 28.0. The van der Waals surface area contributed by atoms with Crippen LogP contribution < -0.4 is 10.6 Å². The Kier molecular flexibility index (Phi) is 7.39. The van der Waals surface area contributed by atoms with Crippen molar-refractivity contribution < 1.29 is 4.79 Å². The Balaban J connectivity index is 1.25. The molecule has 3 heterocycles. The maximum absolute atomic E-state index is 12.7. The summed E-state index contributed by atoms with van der Waals surface area (Å²) in [5.74, 6) is 0.642. The van der Waals surface area contributed by atoms with E-state index in [-0.39, 0.29) is 5.91 Å². The Labute approximate surface area is 219 Å². The summed E-state index contributed by atoms with van der Waals surface area (Å²) >= 11 is 5.28. The molecule has 5 rings (SSSR count). The van der Waals surface area contributed by atoms with Gasteiger partial charge in [-0.1, -0.05) is 6.07 Å². The highest BCUT2D eigenvalue weighted by Gasteiger charge is 2.26. The fourth-order valence-corrected chi connectivity index (χ4v) is 6.32. The number of likely N-dealkylation sites (N-methyl/N-ethyl adjacent to an activating group) is 1. The fourth-order valence-electron chi connectivity index (χ4n) is 4.69. The number of thiophene rings is 1. The van der Waals surface area contributed by atoms with E-state index in [4.69, 9.17) is 4.98 Å². The lowest BCUT2D eigenvalue weighted by Gasteiger charge is -2.42. The molecule has 7 nitrogen and oxygen atoms in total. The molecule has 9 heteroatoms. The molecule has 35 heavy (non-hydrogen) atoms. The van der Waals surface area contributed by atoms with Gasteiger partial charge in [-0.2, -0.15) is 0 Å². The normalized spacial score (nSPS) is 21.4. The molecule has 2 aliphatic rings. The zero-order valence-electron chi connectivity index (χ0n) is 20.6. The van der Waals surface area contributed by atoms with Crippen LogP contribution in [0.15, 0.2) is 34.9 Å². The molecule has 2 N–H and O–H groups in total. The summed E-state index contributed by atoms with van der Waals surface area (Å²) in [6.45, 7) is 8.73. The molecule has 0 unspecified atom stereocenters. The third-order valence-electron chi connectivity index (χ3n) is 7.07. The van der Waals surface area contributed by atoms with Crippen LogP contribution in [0.1, 0.15) is 43.5 Å². The predicted octanol–water partition coefficient (Wildman–Crippen LogP) is 4.84. The second-order valence-corrected chi connectivity index (χ2v) is 11.8. The number of halogens is 1. The van der Waals surface area contributed by atoms with Gasteiger partial charge in [-0.05, 0) is 80.8 Å². The average molecular weight is 558 g/mol. The van der Waals surface area contributed by atoms with Gasteiger partial charge < -0.3 is 15.5 Å². The first-order chi connectivity index (χ1) is 16.9. The molecule has 1 saturated heterocycles. The number of hydrogen-bond donors (Lipinski definition) is 2. The summed E-state index contributed by atoms with van der Waals surface area (Å²) in [5, 5.41) is 7.48. The molecule has 1 amide bonds. The van der Waals surface area contributed by atoms with Gasteiger partial charge in [-0.15, -0.1) is 11.3 Å². The number of nitrogens with zero attached hydrogens (tertiary/aromatic N) is 4. The molecular formula is C26H33BrN6OS. The number of carbonyl (C=O) groups is 1. The van der Waals surface area contributed by atoms with Crippen LogP contribution in [0.25, 0.3) is 20.7 Å². The van der Waals surface area contributed by atoms with Crippen molar-refractivity contribution in [1.82, 2.24) is 25.1 Å². The third kappa shape index (κ3) is 5.69. The minimum absolute atomic E-state index is 0.00990. The average Bonchev–Trinajstić information content (AvgIpc) is 3.54. The number of hydrogen-bond acceptors (Lipinski definition) is 7. The Morgan fingerprint density at radius 2 is 2.00 bits per heavy atom. The van der Waals surface area contributed by atoms with E-state index in [1.807, 2.05) is 12.1 Å². The van der Waals surface area contributed by atoms with Crippen LogP contribution in [0.5, 0.6) is 0 Å². The number of amides is 1. The van der Waals surface area contributed by atoms with Crippen LogP contribution >= 0.6 is 27.3 Å². The molecule has 0 spiro atoms. The number of aromatic nitrogens is 2. The van der Waals surface area contributed by atoms with Gasteiger partial charge in [0.05, 0.1) is 9.35 Å². The quantitative estimate of drug-likeness (QED) is 0.387. The maximum Gasteiger partial charge on any atom is 0.252 e. The van der Waals surface area contributed by atoms with Crippen molar-refractivity contribution in [2.75, 3.05) is 38.5 Å². The summed E-state index contributed by atoms with van der Waals surface area (Å²) in [6, 6.07) is 9.51. The Morgan fingerprint density at radius 1 is 1.23 bits per heavy atom. The molecule has 1 saturated carbocycles. The maximum atomic E-state index is 12.7. The summed E-state index contributed by atoms with van der Waals surface area (Å²) in [7, 11) is 2.22. The van der Waals surface area contributed by atoms with E-state index in [2.05, 4.69) is 74.4 Å². The highest BCUT2D eigenvalue weighted by atomic mass is 79.9. The first-order valence-corrected chi connectivity index (χ1v) is 14.0. The summed E-state index contributed by atoms with van der Waals surface area (Å²) < 4.78 is 1.93. The van der Waals surface area contributed by atoms with Crippen LogP contribution in [0, 0.1) is 0 Å². The zero-order valence-corrected chi connectivity index (χ0v) is 23.0. The number of rotatable bonds is 8. The highest BCUT2D eigenvalue weighted by Crippen LogP contribution is 2.37. The van der Waals surface area contributed by atoms with Gasteiger partial charge in [0.2, 0.25) is 5.95 Å². The molecule has 0 radical (unpaired) electrons. The highest BCUT2D eigenvalue weighted by molar-refractivity contribution is 9.10. The standard InChI is InChI=1S/C26H33BrN6OS/c1-16-14-33(15-17(2)32(16)3)11-5-10-28-26-29-13-21(27)24(31-26)23-12-20-19(6-4-7-22(20)35-23)25(34)30-18-8-9-18/h4,6-7,12-13,16-18H,5,8-11,14-15H2,1-3H3,(H,30,34)(H,28,29,31)/t16-,17+. The van der Waals surface area contributed by atoms with Crippen LogP contribution in [0.3, 0.4) is 0 Å². The van der Waals surface area contributed by atoms with Gasteiger partial charge in [0, 0.05) is 59.6 Å². The van der Waals surface area contributed by atoms with Gasteiger partial charge >= 0.3 is 0 Å². The van der Waals surface area contributed by atoms with Crippen molar-refractivity contribution in [3.63, 3.8) is 0 Å². The lowest BCUT2D eigenvalue weighted by molar-refractivity contribution is 0.0600. The Morgan fingerprint density at radius 3 is 2.74 bits per heavy atom. The van der Waals surface area contributed by atoms with E-state index in [0.29, 0.717) is 24.1 Å². The van der Waals surface area contributed by atoms with E-state index in [1.165, 1.54) is 0 Å². The van der Waals surface area contributed by atoms with Crippen molar-refractivity contribution in [3.05, 3.63) is 40.5 Å². The SMILES string of the molecule is C[C@@H]1CN(CCCNc2ncc(Br)c(-c3cc4c(C(=O)NC5CC5)cccc4s3)n2)C[C@H](C)N1C. The third-order valence-corrected chi connectivity index (χ3v) is 8.75. The number of benzene rings is 1. The summed E-state index contributed by atoms with van der Waals surface area (Å²) in [5.41, 5.74) is 1.58. The van der Waals surface area contributed by atoms with Crippen molar-refractivity contribution in [2.24, 2.45) is 0 Å². The van der Waals surface area contributed by atoms with Crippen LogP contribution in [-0.2, 0) is 0 Å². The molecule has 2 fully saturated rings. The fraction of sp³-hybridized carbons (Fsp3) is 0.500.